The maximum Gasteiger partial charge on any atom is 0.194 e. The molecule has 0 unspecified atom stereocenters. The molecule has 7 heteroatoms. The average molecular weight is 393 g/mol. The summed E-state index contributed by atoms with van der Waals surface area (Å²) in [5.74, 6) is 1.10. The number of hydrogen-bond acceptors (Lipinski definition) is 5. The van der Waals surface area contributed by atoms with Crippen LogP contribution in [0.25, 0.3) is 0 Å². The summed E-state index contributed by atoms with van der Waals surface area (Å²) in [5.41, 5.74) is 0. The minimum Gasteiger partial charge on any atom is -0.360 e. The van der Waals surface area contributed by atoms with Crippen LogP contribution in [0.1, 0.15) is 19.8 Å². The van der Waals surface area contributed by atoms with Crippen molar-refractivity contribution >= 4 is 22.3 Å². The van der Waals surface area contributed by atoms with Crippen LogP contribution in [0.15, 0.2) is 22.5 Å². The van der Waals surface area contributed by atoms with Gasteiger partial charge in [-0.2, -0.15) is 0 Å². The van der Waals surface area contributed by atoms with Crippen molar-refractivity contribution in [3.8, 4) is 0 Å². The second kappa shape index (κ2) is 10.9. The van der Waals surface area contributed by atoms with E-state index in [2.05, 4.69) is 56.4 Å². The van der Waals surface area contributed by atoms with Crippen molar-refractivity contribution in [3.05, 3.63) is 17.5 Å². The number of nitrogens with zero attached hydrogens (tertiary/aromatic N) is 5. The van der Waals surface area contributed by atoms with Gasteiger partial charge in [0, 0.05) is 52.4 Å². The second-order valence-corrected chi connectivity index (χ2v) is 8.44. The van der Waals surface area contributed by atoms with Gasteiger partial charge >= 0.3 is 0 Å². The Kier molecular flexibility index (Phi) is 8.23. The molecule has 0 radical (unpaired) electrons. The van der Waals surface area contributed by atoms with Crippen LogP contribution in [0.5, 0.6) is 0 Å². The normalized spacial score (nSPS) is 20.7. The first-order valence-corrected chi connectivity index (χ1v) is 11.4. The minimum absolute atomic E-state index is 0.916. The summed E-state index contributed by atoms with van der Waals surface area (Å²) in [5, 5.41) is 7.05. The van der Waals surface area contributed by atoms with E-state index < -0.39 is 0 Å². The van der Waals surface area contributed by atoms with Crippen LogP contribution in [-0.2, 0) is 0 Å². The fraction of sp³-hybridized carbons (Fsp3) is 0.750. The van der Waals surface area contributed by atoms with Crippen molar-refractivity contribution in [2.45, 2.75) is 19.8 Å². The number of anilines is 1. The number of nitrogens with one attached hydrogen (secondary N) is 1. The number of guanidine groups is 1. The first kappa shape index (κ1) is 20.4. The highest BCUT2D eigenvalue weighted by Crippen LogP contribution is 2.22. The molecule has 1 N–H and O–H groups in total. The van der Waals surface area contributed by atoms with Crippen LogP contribution in [-0.4, -0.2) is 99.7 Å². The van der Waals surface area contributed by atoms with Crippen molar-refractivity contribution in [1.29, 1.82) is 0 Å². The summed E-state index contributed by atoms with van der Waals surface area (Å²) in [4.78, 5) is 14.9. The number of aliphatic imine (C=N–C) groups is 1. The predicted molar refractivity (Wildman–Crippen MR) is 117 cm³/mol. The molecule has 3 heterocycles. The van der Waals surface area contributed by atoms with E-state index in [9.17, 15) is 0 Å². The Morgan fingerprint density at radius 1 is 1.11 bits per heavy atom. The number of likely N-dealkylation sites (N-methyl/N-ethyl adjacent to an activating group) is 1. The van der Waals surface area contributed by atoms with E-state index in [0.717, 1.165) is 51.6 Å². The van der Waals surface area contributed by atoms with Crippen molar-refractivity contribution < 1.29 is 0 Å². The highest BCUT2D eigenvalue weighted by atomic mass is 32.1. The summed E-state index contributed by atoms with van der Waals surface area (Å²) in [6.45, 7) is 14.3. The number of rotatable bonds is 6. The molecule has 152 valence electrons. The van der Waals surface area contributed by atoms with Gasteiger partial charge in [0.15, 0.2) is 5.96 Å². The topological polar surface area (TPSA) is 37.4 Å². The van der Waals surface area contributed by atoms with Crippen LogP contribution >= 0.6 is 11.3 Å². The van der Waals surface area contributed by atoms with Crippen LogP contribution in [0.4, 0.5) is 5.00 Å². The minimum atomic E-state index is 0.916. The zero-order valence-corrected chi connectivity index (χ0v) is 17.9. The van der Waals surface area contributed by atoms with E-state index in [0.29, 0.717) is 0 Å². The molecular weight excluding hydrogens is 356 g/mol. The Morgan fingerprint density at radius 3 is 2.70 bits per heavy atom. The van der Waals surface area contributed by atoms with Gasteiger partial charge in [0.05, 0.1) is 5.00 Å². The molecule has 0 aliphatic carbocycles. The summed E-state index contributed by atoms with van der Waals surface area (Å²) in [6, 6.07) is 4.36. The van der Waals surface area contributed by atoms with Crippen molar-refractivity contribution in [2.24, 2.45) is 4.99 Å². The molecule has 3 rings (SSSR count). The third-order valence-electron chi connectivity index (χ3n) is 5.44. The molecule has 27 heavy (non-hydrogen) atoms. The summed E-state index contributed by atoms with van der Waals surface area (Å²) >= 11 is 1.84. The summed E-state index contributed by atoms with van der Waals surface area (Å²) in [6.07, 6.45) is 2.44. The molecule has 1 aromatic rings. The van der Waals surface area contributed by atoms with Crippen LogP contribution in [0.2, 0.25) is 0 Å². The van der Waals surface area contributed by atoms with E-state index in [1.165, 1.54) is 44.1 Å². The molecule has 0 spiro atoms. The lowest BCUT2D eigenvalue weighted by Crippen LogP contribution is -2.52. The fourth-order valence-corrected chi connectivity index (χ4v) is 4.60. The molecule has 0 amide bonds. The maximum absolute atomic E-state index is 4.93. The molecule has 2 aliphatic rings. The Hall–Kier alpha value is -1.31. The molecule has 0 aromatic carbocycles. The summed E-state index contributed by atoms with van der Waals surface area (Å²) < 4.78 is 0. The van der Waals surface area contributed by atoms with Gasteiger partial charge in [-0.05, 0) is 64.0 Å². The van der Waals surface area contributed by atoms with E-state index in [1.54, 1.807) is 0 Å². The smallest absolute Gasteiger partial charge is 0.194 e. The zero-order valence-electron chi connectivity index (χ0n) is 17.1. The lowest BCUT2D eigenvalue weighted by molar-refractivity contribution is 0.274. The number of hydrogen-bond donors (Lipinski definition) is 1. The molecule has 0 saturated carbocycles. The number of thiophene rings is 1. The van der Waals surface area contributed by atoms with Gasteiger partial charge < -0.3 is 24.9 Å². The first-order chi connectivity index (χ1) is 13.3. The molecule has 0 bridgehead atoms. The molecule has 0 atom stereocenters. The van der Waals surface area contributed by atoms with Crippen molar-refractivity contribution in [3.63, 3.8) is 0 Å². The molecular formula is C20H36N6S. The molecule has 2 fully saturated rings. The second-order valence-electron chi connectivity index (χ2n) is 7.51. The van der Waals surface area contributed by atoms with Crippen LogP contribution < -0.4 is 10.2 Å². The van der Waals surface area contributed by atoms with E-state index in [-0.39, 0.29) is 0 Å². The van der Waals surface area contributed by atoms with E-state index in [4.69, 9.17) is 4.99 Å². The fourth-order valence-electron chi connectivity index (χ4n) is 3.82. The van der Waals surface area contributed by atoms with Gasteiger partial charge in [-0.25, -0.2) is 0 Å². The third kappa shape index (κ3) is 6.36. The Bertz CT molecular complexity index is 553. The van der Waals surface area contributed by atoms with Crippen molar-refractivity contribution in [2.75, 3.05) is 83.9 Å². The zero-order chi connectivity index (χ0) is 18.9. The van der Waals surface area contributed by atoms with Gasteiger partial charge in [0.1, 0.15) is 0 Å². The lowest BCUT2D eigenvalue weighted by atomic mass is 10.3. The largest absolute Gasteiger partial charge is 0.360 e. The monoisotopic (exact) mass is 392 g/mol. The van der Waals surface area contributed by atoms with Crippen molar-refractivity contribution in [1.82, 2.24) is 20.0 Å². The van der Waals surface area contributed by atoms with Crippen LogP contribution in [0.3, 0.4) is 0 Å². The third-order valence-corrected chi connectivity index (χ3v) is 6.37. The SMILES string of the molecule is CCNC(=NCCCN1CCCN(C)CC1)N1CCN(c2cccs2)CC1. The van der Waals surface area contributed by atoms with Gasteiger partial charge in [0.25, 0.3) is 0 Å². The summed E-state index contributed by atoms with van der Waals surface area (Å²) in [7, 11) is 2.23. The molecule has 2 saturated heterocycles. The van der Waals surface area contributed by atoms with Crippen LogP contribution in [0, 0.1) is 0 Å². The maximum atomic E-state index is 4.93. The van der Waals surface area contributed by atoms with Gasteiger partial charge in [-0.15, -0.1) is 11.3 Å². The Morgan fingerprint density at radius 2 is 1.96 bits per heavy atom. The Balaban J connectivity index is 1.42. The Labute approximate surface area is 168 Å². The standard InChI is InChI=1S/C20H36N6S/c1-3-21-20(22-8-5-10-24-11-6-9-23(2)12-13-24)26-16-14-25(15-17-26)19-7-4-18-27-19/h4,7,18H,3,5-6,8-17H2,1-2H3,(H,21,22). The number of piperazine rings is 1. The van der Waals surface area contributed by atoms with E-state index >= 15 is 0 Å². The molecule has 2 aliphatic heterocycles. The molecule has 1 aromatic heterocycles. The highest BCUT2D eigenvalue weighted by molar-refractivity contribution is 7.14. The quantitative estimate of drug-likeness (QED) is 0.454. The van der Waals surface area contributed by atoms with E-state index in [1.807, 2.05) is 11.3 Å². The first-order valence-electron chi connectivity index (χ1n) is 10.5. The average Bonchev–Trinajstić information content (AvgIpc) is 3.15. The lowest BCUT2D eigenvalue weighted by Gasteiger charge is -2.37. The van der Waals surface area contributed by atoms with Gasteiger partial charge in [-0.3, -0.25) is 4.99 Å². The van der Waals surface area contributed by atoms with Gasteiger partial charge in [-0.1, -0.05) is 0 Å². The highest BCUT2D eigenvalue weighted by Gasteiger charge is 2.20. The van der Waals surface area contributed by atoms with Gasteiger partial charge in [0.2, 0.25) is 0 Å². The predicted octanol–water partition coefficient (Wildman–Crippen LogP) is 1.86. The molecule has 6 nitrogen and oxygen atoms in total.